The van der Waals surface area contributed by atoms with Crippen molar-refractivity contribution >= 4 is 5.97 Å². The molecule has 0 bridgehead atoms. The Morgan fingerprint density at radius 3 is 2.89 bits per heavy atom. The second kappa shape index (κ2) is 4.53. The highest BCUT2D eigenvalue weighted by Gasteiger charge is 2.57. The van der Waals surface area contributed by atoms with Gasteiger partial charge in [-0.15, -0.1) is 0 Å². The summed E-state index contributed by atoms with van der Waals surface area (Å²) in [5, 5.41) is 3.29. The lowest BCUT2D eigenvalue weighted by molar-refractivity contribution is -0.148. The summed E-state index contributed by atoms with van der Waals surface area (Å²) in [6.07, 6.45) is 2.72. The lowest BCUT2D eigenvalue weighted by Crippen LogP contribution is -2.33. The van der Waals surface area contributed by atoms with Crippen molar-refractivity contribution in [2.45, 2.75) is 25.3 Å². The van der Waals surface area contributed by atoms with Gasteiger partial charge in [0.05, 0.1) is 19.1 Å². The summed E-state index contributed by atoms with van der Waals surface area (Å²) in [5.74, 6) is 0.866. The van der Waals surface area contributed by atoms with Crippen LogP contribution >= 0.6 is 0 Å². The van der Waals surface area contributed by atoms with Crippen LogP contribution < -0.4 is 10.1 Å². The molecule has 2 aliphatic rings. The van der Waals surface area contributed by atoms with Crippen LogP contribution in [0, 0.1) is 5.41 Å². The largest absolute Gasteiger partial charge is 0.493 e. The predicted octanol–water partition coefficient (Wildman–Crippen LogP) is 1.84. The van der Waals surface area contributed by atoms with Crippen LogP contribution in [0.5, 0.6) is 5.75 Å². The van der Waals surface area contributed by atoms with Gasteiger partial charge in [0, 0.05) is 12.5 Å². The minimum atomic E-state index is -0.378. The Morgan fingerprint density at radius 2 is 2.26 bits per heavy atom. The van der Waals surface area contributed by atoms with E-state index in [-0.39, 0.29) is 17.4 Å². The predicted molar refractivity (Wildman–Crippen MR) is 71.1 cm³/mol. The Kier molecular flexibility index (Phi) is 2.97. The SMILES string of the molecule is CNC(c1ccc2c(c1)CCO2)C1(C(=O)OC)CC1. The molecule has 1 heterocycles. The van der Waals surface area contributed by atoms with Gasteiger partial charge >= 0.3 is 5.97 Å². The maximum atomic E-state index is 12.0. The van der Waals surface area contributed by atoms with Gasteiger partial charge in [-0.1, -0.05) is 12.1 Å². The number of hydrogen-bond donors (Lipinski definition) is 1. The highest BCUT2D eigenvalue weighted by molar-refractivity contribution is 5.81. The van der Waals surface area contributed by atoms with E-state index in [1.165, 1.54) is 12.7 Å². The number of benzene rings is 1. The van der Waals surface area contributed by atoms with Crippen LogP contribution in [0.1, 0.15) is 30.0 Å². The van der Waals surface area contributed by atoms with Gasteiger partial charge < -0.3 is 14.8 Å². The number of carbonyl (C=O) groups is 1. The van der Waals surface area contributed by atoms with E-state index in [1.54, 1.807) is 0 Å². The molecule has 1 aliphatic heterocycles. The van der Waals surface area contributed by atoms with Crippen LogP contribution in [0.15, 0.2) is 18.2 Å². The molecule has 3 rings (SSSR count). The van der Waals surface area contributed by atoms with Gasteiger partial charge in [0.2, 0.25) is 0 Å². The fourth-order valence-corrected chi connectivity index (χ4v) is 3.10. The second-order valence-electron chi connectivity index (χ2n) is 5.34. The molecule has 0 amide bonds. The van der Waals surface area contributed by atoms with Gasteiger partial charge in [-0.25, -0.2) is 0 Å². The maximum absolute atomic E-state index is 12.0. The van der Waals surface area contributed by atoms with Gasteiger partial charge in [-0.3, -0.25) is 4.79 Å². The fraction of sp³-hybridized carbons (Fsp3) is 0.533. The van der Waals surface area contributed by atoms with E-state index in [0.29, 0.717) is 0 Å². The quantitative estimate of drug-likeness (QED) is 0.840. The monoisotopic (exact) mass is 261 g/mol. The molecule has 0 aromatic heterocycles. The number of rotatable bonds is 4. The lowest BCUT2D eigenvalue weighted by Gasteiger charge is -2.25. The molecule has 1 aromatic carbocycles. The number of carbonyl (C=O) groups excluding carboxylic acids is 1. The van der Waals surface area contributed by atoms with E-state index in [2.05, 4.69) is 11.4 Å². The van der Waals surface area contributed by atoms with Crippen molar-refractivity contribution in [3.63, 3.8) is 0 Å². The first-order valence-corrected chi connectivity index (χ1v) is 6.72. The summed E-state index contributed by atoms with van der Waals surface area (Å²) in [6.45, 7) is 0.755. The number of esters is 1. The Bertz CT molecular complexity index is 508. The molecule has 19 heavy (non-hydrogen) atoms. The van der Waals surface area contributed by atoms with Crippen LogP contribution in [0.3, 0.4) is 0 Å². The highest BCUT2D eigenvalue weighted by Crippen LogP contribution is 2.56. The number of ether oxygens (including phenoxy) is 2. The minimum Gasteiger partial charge on any atom is -0.493 e. The molecule has 4 nitrogen and oxygen atoms in total. The smallest absolute Gasteiger partial charge is 0.313 e. The third-order valence-electron chi connectivity index (χ3n) is 4.27. The van der Waals surface area contributed by atoms with Crippen molar-refractivity contribution in [3.05, 3.63) is 29.3 Å². The molecule has 1 aromatic rings. The molecule has 1 unspecified atom stereocenters. The molecule has 4 heteroatoms. The van der Waals surface area contributed by atoms with Crippen molar-refractivity contribution in [1.29, 1.82) is 0 Å². The summed E-state index contributed by atoms with van der Waals surface area (Å²) in [7, 11) is 3.36. The molecule has 1 saturated carbocycles. The van der Waals surface area contributed by atoms with Crippen LogP contribution in [0.25, 0.3) is 0 Å². The average Bonchev–Trinajstić information content (AvgIpc) is 3.09. The van der Waals surface area contributed by atoms with E-state index in [9.17, 15) is 4.79 Å². The summed E-state index contributed by atoms with van der Waals surface area (Å²) in [6, 6.07) is 6.24. The van der Waals surface area contributed by atoms with Crippen molar-refractivity contribution in [2.75, 3.05) is 20.8 Å². The molecular weight excluding hydrogens is 242 g/mol. The first kappa shape index (κ1) is 12.5. The molecule has 102 valence electrons. The molecule has 1 atom stereocenters. The normalized spacial score (nSPS) is 20.3. The van der Waals surface area contributed by atoms with Crippen LogP contribution in [-0.2, 0) is 16.0 Å². The molecule has 1 aliphatic carbocycles. The third-order valence-corrected chi connectivity index (χ3v) is 4.27. The number of hydrogen-bond acceptors (Lipinski definition) is 4. The second-order valence-corrected chi connectivity index (χ2v) is 5.34. The summed E-state index contributed by atoms with van der Waals surface area (Å²) < 4.78 is 10.5. The Hall–Kier alpha value is -1.55. The summed E-state index contributed by atoms with van der Waals surface area (Å²) in [4.78, 5) is 12.0. The maximum Gasteiger partial charge on any atom is 0.313 e. The van der Waals surface area contributed by atoms with Crippen LogP contribution in [0.4, 0.5) is 0 Å². The van der Waals surface area contributed by atoms with Gasteiger partial charge in [-0.05, 0) is 37.1 Å². The first-order valence-electron chi connectivity index (χ1n) is 6.72. The van der Waals surface area contributed by atoms with Gasteiger partial charge in [0.15, 0.2) is 0 Å². The van der Waals surface area contributed by atoms with E-state index in [1.807, 2.05) is 19.2 Å². The number of methoxy groups -OCH3 is 1. The fourth-order valence-electron chi connectivity index (χ4n) is 3.10. The average molecular weight is 261 g/mol. The Labute approximate surface area is 113 Å². The number of fused-ring (bicyclic) bond motifs is 1. The standard InChI is InChI=1S/C15H19NO3/c1-16-13(15(6-7-15)14(17)18-2)11-3-4-12-10(9-11)5-8-19-12/h3-4,9,13,16H,5-8H2,1-2H3. The first-order chi connectivity index (χ1) is 9.21. The van der Waals surface area contributed by atoms with E-state index < -0.39 is 0 Å². The van der Waals surface area contributed by atoms with Gasteiger partial charge in [0.25, 0.3) is 0 Å². The molecule has 0 saturated heterocycles. The molecule has 0 radical (unpaired) electrons. The van der Waals surface area contributed by atoms with Gasteiger partial charge in [0.1, 0.15) is 5.75 Å². The van der Waals surface area contributed by atoms with Crippen LogP contribution in [0.2, 0.25) is 0 Å². The Balaban J connectivity index is 1.93. The van der Waals surface area contributed by atoms with Crippen molar-refractivity contribution < 1.29 is 14.3 Å². The topological polar surface area (TPSA) is 47.6 Å². The summed E-state index contributed by atoms with van der Waals surface area (Å²) in [5.41, 5.74) is 2.00. The van der Waals surface area contributed by atoms with Crippen LogP contribution in [-0.4, -0.2) is 26.7 Å². The zero-order chi connectivity index (χ0) is 13.5. The van der Waals surface area contributed by atoms with E-state index in [4.69, 9.17) is 9.47 Å². The third kappa shape index (κ3) is 1.91. The highest BCUT2D eigenvalue weighted by atomic mass is 16.5. The molecule has 0 spiro atoms. The molecule has 1 fully saturated rings. The minimum absolute atomic E-state index is 0.0193. The zero-order valence-electron chi connectivity index (χ0n) is 11.4. The van der Waals surface area contributed by atoms with Crippen molar-refractivity contribution in [1.82, 2.24) is 5.32 Å². The lowest BCUT2D eigenvalue weighted by atomic mass is 9.89. The van der Waals surface area contributed by atoms with Crippen molar-refractivity contribution in [2.24, 2.45) is 5.41 Å². The van der Waals surface area contributed by atoms with Crippen molar-refractivity contribution in [3.8, 4) is 5.75 Å². The Morgan fingerprint density at radius 1 is 1.47 bits per heavy atom. The molecular formula is C15H19NO3. The number of nitrogens with one attached hydrogen (secondary N) is 1. The van der Waals surface area contributed by atoms with E-state index in [0.717, 1.165) is 37.2 Å². The van der Waals surface area contributed by atoms with E-state index >= 15 is 0 Å². The zero-order valence-corrected chi connectivity index (χ0v) is 11.4. The summed E-state index contributed by atoms with van der Waals surface area (Å²) >= 11 is 0. The van der Waals surface area contributed by atoms with Gasteiger partial charge in [-0.2, -0.15) is 0 Å². The molecule has 1 N–H and O–H groups in total.